The molecule has 2 aromatic heterocycles. The van der Waals surface area contributed by atoms with Crippen molar-refractivity contribution in [2.75, 3.05) is 20.3 Å². The second-order valence-electron chi connectivity index (χ2n) is 4.99. The summed E-state index contributed by atoms with van der Waals surface area (Å²) in [6.07, 6.45) is 1.90. The molecule has 1 N–H and O–H groups in total. The van der Waals surface area contributed by atoms with Crippen LogP contribution in [0.1, 0.15) is 22.5 Å². The summed E-state index contributed by atoms with van der Waals surface area (Å²) in [5.41, 5.74) is 4.41. The van der Waals surface area contributed by atoms with Crippen molar-refractivity contribution in [2.24, 2.45) is 0 Å². The Bertz CT molecular complexity index is 577. The van der Waals surface area contributed by atoms with Crippen molar-refractivity contribution in [1.82, 2.24) is 20.1 Å². The van der Waals surface area contributed by atoms with Crippen LogP contribution in [0, 0.1) is 20.8 Å². The Morgan fingerprint density at radius 1 is 1.25 bits per heavy atom. The van der Waals surface area contributed by atoms with Gasteiger partial charge in [0.15, 0.2) is 5.82 Å². The molecule has 0 atom stereocenters. The molecule has 0 aliphatic carbocycles. The molecule has 2 aromatic rings. The normalized spacial score (nSPS) is 11.0. The molecule has 5 nitrogen and oxygen atoms in total. The number of nitrogens with zero attached hydrogens (tertiary/aromatic N) is 3. The van der Waals surface area contributed by atoms with E-state index in [1.807, 2.05) is 24.7 Å². The summed E-state index contributed by atoms with van der Waals surface area (Å²) in [5.74, 6) is 0.899. The van der Waals surface area contributed by atoms with E-state index in [4.69, 9.17) is 4.74 Å². The topological polar surface area (TPSA) is 52.0 Å². The van der Waals surface area contributed by atoms with Crippen LogP contribution in [-0.4, -0.2) is 35.0 Å². The van der Waals surface area contributed by atoms with Gasteiger partial charge in [0.25, 0.3) is 0 Å². The average molecular weight is 274 g/mol. The molecule has 0 aliphatic heterocycles. The molecule has 2 heterocycles. The summed E-state index contributed by atoms with van der Waals surface area (Å²) in [7, 11) is 1.70. The number of rotatable bonds is 6. The van der Waals surface area contributed by atoms with Crippen LogP contribution in [0.2, 0.25) is 0 Å². The van der Waals surface area contributed by atoms with Gasteiger partial charge < -0.3 is 10.1 Å². The van der Waals surface area contributed by atoms with Crippen LogP contribution >= 0.6 is 0 Å². The quantitative estimate of drug-likeness (QED) is 0.818. The van der Waals surface area contributed by atoms with Crippen LogP contribution < -0.4 is 5.32 Å². The Morgan fingerprint density at radius 2 is 2.05 bits per heavy atom. The molecule has 0 aliphatic rings. The third-order valence-electron chi connectivity index (χ3n) is 3.13. The standard InChI is InChI=1S/C15H22N4O/c1-11-7-14(9-16-5-6-20-4)10-17-15(11)19-13(3)8-12(2)18-19/h7-8,10,16H,5-6,9H2,1-4H3. The first-order chi connectivity index (χ1) is 9.61. The second kappa shape index (κ2) is 6.63. The lowest BCUT2D eigenvalue weighted by atomic mass is 10.2. The maximum Gasteiger partial charge on any atom is 0.156 e. The summed E-state index contributed by atoms with van der Waals surface area (Å²) in [4.78, 5) is 4.55. The first-order valence-corrected chi connectivity index (χ1v) is 6.80. The van der Waals surface area contributed by atoms with Crippen molar-refractivity contribution in [2.45, 2.75) is 27.3 Å². The minimum Gasteiger partial charge on any atom is -0.383 e. The van der Waals surface area contributed by atoms with E-state index in [9.17, 15) is 0 Å². The van der Waals surface area contributed by atoms with Crippen molar-refractivity contribution in [3.8, 4) is 5.82 Å². The zero-order chi connectivity index (χ0) is 14.5. The third kappa shape index (κ3) is 3.43. The summed E-state index contributed by atoms with van der Waals surface area (Å²) in [6.45, 7) is 8.46. The molecule has 20 heavy (non-hydrogen) atoms. The van der Waals surface area contributed by atoms with Gasteiger partial charge in [-0.2, -0.15) is 5.10 Å². The van der Waals surface area contributed by atoms with E-state index in [2.05, 4.69) is 34.5 Å². The highest BCUT2D eigenvalue weighted by Gasteiger charge is 2.08. The predicted octanol–water partition coefficient (Wildman–Crippen LogP) is 1.93. The number of ether oxygens (including phenoxy) is 1. The van der Waals surface area contributed by atoms with Crippen molar-refractivity contribution < 1.29 is 4.74 Å². The predicted molar refractivity (Wildman–Crippen MR) is 79.2 cm³/mol. The molecule has 0 saturated carbocycles. The Hall–Kier alpha value is -1.72. The zero-order valence-corrected chi connectivity index (χ0v) is 12.6. The monoisotopic (exact) mass is 274 g/mol. The summed E-state index contributed by atoms with van der Waals surface area (Å²) < 4.78 is 6.90. The largest absolute Gasteiger partial charge is 0.383 e. The molecule has 0 aromatic carbocycles. The molecule has 108 valence electrons. The number of aryl methyl sites for hydroxylation is 3. The fourth-order valence-electron chi connectivity index (χ4n) is 2.19. The molecule has 0 amide bonds. The van der Waals surface area contributed by atoms with Gasteiger partial charge in [-0.1, -0.05) is 0 Å². The van der Waals surface area contributed by atoms with Gasteiger partial charge in [-0.15, -0.1) is 0 Å². The molecular weight excluding hydrogens is 252 g/mol. The van der Waals surface area contributed by atoms with Crippen LogP contribution in [0.3, 0.4) is 0 Å². The first kappa shape index (κ1) is 14.7. The van der Waals surface area contributed by atoms with E-state index in [1.165, 1.54) is 5.56 Å². The summed E-state index contributed by atoms with van der Waals surface area (Å²) >= 11 is 0. The van der Waals surface area contributed by atoms with Gasteiger partial charge in [-0.25, -0.2) is 9.67 Å². The highest BCUT2D eigenvalue weighted by atomic mass is 16.5. The smallest absolute Gasteiger partial charge is 0.156 e. The fraction of sp³-hybridized carbons (Fsp3) is 0.467. The number of aromatic nitrogens is 3. The number of nitrogens with one attached hydrogen (secondary N) is 1. The molecular formula is C15H22N4O. The minimum absolute atomic E-state index is 0.719. The van der Waals surface area contributed by atoms with E-state index >= 15 is 0 Å². The van der Waals surface area contributed by atoms with E-state index in [-0.39, 0.29) is 0 Å². The summed E-state index contributed by atoms with van der Waals surface area (Å²) in [6, 6.07) is 4.21. The molecule has 0 radical (unpaired) electrons. The molecule has 0 bridgehead atoms. The SMILES string of the molecule is COCCNCc1cnc(-n2nc(C)cc2C)c(C)c1. The van der Waals surface area contributed by atoms with Gasteiger partial charge in [0, 0.05) is 32.1 Å². The summed E-state index contributed by atoms with van der Waals surface area (Å²) in [5, 5.41) is 7.80. The fourth-order valence-corrected chi connectivity index (χ4v) is 2.19. The van der Waals surface area contributed by atoms with E-state index < -0.39 is 0 Å². The van der Waals surface area contributed by atoms with Crippen molar-refractivity contribution in [3.63, 3.8) is 0 Å². The molecule has 0 unspecified atom stereocenters. The van der Waals surface area contributed by atoms with Crippen LogP contribution in [0.5, 0.6) is 0 Å². The average Bonchev–Trinajstić information content (AvgIpc) is 2.74. The van der Waals surface area contributed by atoms with Crippen molar-refractivity contribution >= 4 is 0 Å². The molecule has 2 rings (SSSR count). The molecule has 5 heteroatoms. The van der Waals surface area contributed by atoms with E-state index in [0.29, 0.717) is 0 Å². The Balaban J connectivity index is 2.12. The first-order valence-electron chi connectivity index (χ1n) is 6.80. The van der Waals surface area contributed by atoms with Gasteiger partial charge in [-0.3, -0.25) is 0 Å². The van der Waals surface area contributed by atoms with Gasteiger partial charge in [0.1, 0.15) is 0 Å². The maximum atomic E-state index is 5.01. The molecule has 0 saturated heterocycles. The lowest BCUT2D eigenvalue weighted by Gasteiger charge is -2.10. The number of hydrogen-bond donors (Lipinski definition) is 1. The lowest BCUT2D eigenvalue weighted by Crippen LogP contribution is -2.19. The van der Waals surface area contributed by atoms with E-state index in [1.54, 1.807) is 7.11 Å². The van der Waals surface area contributed by atoms with Gasteiger partial charge in [0.05, 0.1) is 12.3 Å². The van der Waals surface area contributed by atoms with Crippen molar-refractivity contribution in [1.29, 1.82) is 0 Å². The zero-order valence-electron chi connectivity index (χ0n) is 12.6. The Kier molecular flexibility index (Phi) is 4.87. The lowest BCUT2D eigenvalue weighted by molar-refractivity contribution is 0.199. The van der Waals surface area contributed by atoms with Gasteiger partial charge >= 0.3 is 0 Å². The Morgan fingerprint density at radius 3 is 2.65 bits per heavy atom. The molecule has 0 fully saturated rings. The number of pyridine rings is 1. The van der Waals surface area contributed by atoms with Crippen LogP contribution in [-0.2, 0) is 11.3 Å². The number of methoxy groups -OCH3 is 1. The maximum absolute atomic E-state index is 5.01. The van der Waals surface area contributed by atoms with E-state index in [0.717, 1.165) is 42.5 Å². The minimum atomic E-state index is 0.719. The molecule has 0 spiro atoms. The van der Waals surface area contributed by atoms with Crippen LogP contribution in [0.15, 0.2) is 18.3 Å². The highest BCUT2D eigenvalue weighted by molar-refractivity contribution is 5.36. The van der Waals surface area contributed by atoms with Gasteiger partial charge in [0.2, 0.25) is 0 Å². The number of hydrogen-bond acceptors (Lipinski definition) is 4. The highest BCUT2D eigenvalue weighted by Crippen LogP contribution is 2.15. The van der Waals surface area contributed by atoms with Crippen LogP contribution in [0.4, 0.5) is 0 Å². The van der Waals surface area contributed by atoms with Crippen LogP contribution in [0.25, 0.3) is 5.82 Å². The third-order valence-corrected chi connectivity index (χ3v) is 3.13. The van der Waals surface area contributed by atoms with Gasteiger partial charge in [-0.05, 0) is 44.0 Å². The Labute approximate surface area is 120 Å². The second-order valence-corrected chi connectivity index (χ2v) is 4.99. The van der Waals surface area contributed by atoms with Crippen molar-refractivity contribution in [3.05, 3.63) is 40.8 Å².